The van der Waals surface area contributed by atoms with Gasteiger partial charge in [-0.3, -0.25) is 0 Å². The molecule has 2 rings (SSSR count). The molecule has 1 aromatic carbocycles. The summed E-state index contributed by atoms with van der Waals surface area (Å²) in [5, 5.41) is 1.06. The van der Waals surface area contributed by atoms with E-state index in [0.717, 1.165) is 17.1 Å². The molecule has 2 nitrogen and oxygen atoms in total. The second kappa shape index (κ2) is 4.80. The number of nitrogen functional groups attached to an aromatic ring is 1. The summed E-state index contributed by atoms with van der Waals surface area (Å²) in [6.07, 6.45) is -4.10. The number of hydrogen-bond acceptors (Lipinski definition) is 3. The predicted molar refractivity (Wildman–Crippen MR) is 66.3 cm³/mol. The smallest absolute Gasteiger partial charge is 0.389 e. The van der Waals surface area contributed by atoms with E-state index in [0.29, 0.717) is 11.4 Å². The zero-order valence-electron chi connectivity index (χ0n) is 9.88. The Balaban J connectivity index is 2.54. The van der Waals surface area contributed by atoms with Crippen molar-refractivity contribution >= 4 is 16.3 Å². The first kappa shape index (κ1) is 13.8. The van der Waals surface area contributed by atoms with Gasteiger partial charge in [-0.15, -0.1) is 11.3 Å². The molecule has 7 heteroatoms. The highest BCUT2D eigenvalue weighted by Gasteiger charge is 2.34. The molecule has 0 bridgehead atoms. The summed E-state index contributed by atoms with van der Waals surface area (Å²) in [7, 11) is 0. The molecule has 0 radical (unpaired) electrons. The molecule has 0 unspecified atom stereocenters. The van der Waals surface area contributed by atoms with Crippen molar-refractivity contribution in [3.05, 3.63) is 34.6 Å². The minimum absolute atomic E-state index is 0.169. The predicted octanol–water partition coefficient (Wildman–Crippen LogP) is 4.11. The maximum Gasteiger partial charge on any atom is 0.419 e. The quantitative estimate of drug-likeness (QED) is 0.845. The number of benzene rings is 1. The Kier molecular flexibility index (Phi) is 3.49. The first-order valence-electron chi connectivity index (χ1n) is 5.45. The van der Waals surface area contributed by atoms with Gasteiger partial charge in [-0.05, 0) is 24.6 Å². The monoisotopic (exact) mass is 290 g/mol. The molecule has 0 aliphatic carbocycles. The SMILES string of the molecule is CCc1nc(-c2ccc(F)c(C(F)(F)F)c2)c(N)s1. The van der Waals surface area contributed by atoms with Crippen LogP contribution in [-0.2, 0) is 12.6 Å². The van der Waals surface area contributed by atoms with Gasteiger partial charge in [0, 0.05) is 5.56 Å². The van der Waals surface area contributed by atoms with Gasteiger partial charge in [0.15, 0.2) is 0 Å². The summed E-state index contributed by atoms with van der Waals surface area (Å²) in [4.78, 5) is 4.16. The summed E-state index contributed by atoms with van der Waals surface area (Å²) in [6.45, 7) is 1.87. The fraction of sp³-hybridized carbons (Fsp3) is 0.250. The van der Waals surface area contributed by atoms with E-state index in [1.54, 1.807) is 0 Å². The number of aryl methyl sites for hydroxylation is 1. The van der Waals surface area contributed by atoms with Crippen LogP contribution in [0.25, 0.3) is 11.3 Å². The highest BCUT2D eigenvalue weighted by atomic mass is 32.1. The molecule has 1 heterocycles. The number of halogens is 4. The van der Waals surface area contributed by atoms with Crippen molar-refractivity contribution in [2.45, 2.75) is 19.5 Å². The first-order valence-corrected chi connectivity index (χ1v) is 6.27. The third-order valence-electron chi connectivity index (χ3n) is 2.55. The van der Waals surface area contributed by atoms with Gasteiger partial charge in [0.1, 0.15) is 16.5 Å². The molecule has 0 aliphatic rings. The molecule has 0 fully saturated rings. The molecule has 0 saturated heterocycles. The summed E-state index contributed by atoms with van der Waals surface area (Å²) in [5.41, 5.74) is 4.86. The average molecular weight is 290 g/mol. The van der Waals surface area contributed by atoms with Crippen molar-refractivity contribution in [2.24, 2.45) is 0 Å². The first-order chi connectivity index (χ1) is 8.82. The molecule has 2 N–H and O–H groups in total. The van der Waals surface area contributed by atoms with Crippen LogP contribution >= 0.6 is 11.3 Å². The molecule has 102 valence electrons. The van der Waals surface area contributed by atoms with Crippen LogP contribution in [0.3, 0.4) is 0 Å². The van der Waals surface area contributed by atoms with E-state index in [9.17, 15) is 17.6 Å². The van der Waals surface area contributed by atoms with E-state index in [1.165, 1.54) is 17.4 Å². The molecular formula is C12H10F4N2S. The van der Waals surface area contributed by atoms with Gasteiger partial charge in [-0.1, -0.05) is 6.92 Å². The molecule has 0 spiro atoms. The standard InChI is InChI=1S/C12H10F4N2S/c1-2-9-18-10(11(17)19-9)6-3-4-8(13)7(5-6)12(14,15)16/h3-5H,2,17H2,1H3. The number of nitrogens with zero attached hydrogens (tertiary/aromatic N) is 1. The molecule has 2 aromatic rings. The molecule has 0 aliphatic heterocycles. The van der Waals surface area contributed by atoms with E-state index >= 15 is 0 Å². The average Bonchev–Trinajstić information content (AvgIpc) is 2.70. The Morgan fingerprint density at radius 3 is 2.53 bits per heavy atom. The van der Waals surface area contributed by atoms with Crippen molar-refractivity contribution in [1.29, 1.82) is 0 Å². The second-order valence-corrected chi connectivity index (χ2v) is 4.98. The Hall–Kier alpha value is -1.63. The molecule has 1 aromatic heterocycles. The summed E-state index contributed by atoms with van der Waals surface area (Å²) < 4.78 is 51.1. The topological polar surface area (TPSA) is 38.9 Å². The highest BCUT2D eigenvalue weighted by molar-refractivity contribution is 7.16. The normalized spacial score (nSPS) is 11.8. The lowest BCUT2D eigenvalue weighted by atomic mass is 10.1. The van der Waals surface area contributed by atoms with Gasteiger partial charge in [0.05, 0.1) is 10.6 Å². The van der Waals surface area contributed by atoms with Crippen LogP contribution in [0.15, 0.2) is 18.2 Å². The molecule has 0 amide bonds. The van der Waals surface area contributed by atoms with Gasteiger partial charge in [0.2, 0.25) is 0 Å². The van der Waals surface area contributed by atoms with Crippen LogP contribution in [0.1, 0.15) is 17.5 Å². The van der Waals surface area contributed by atoms with Crippen molar-refractivity contribution < 1.29 is 17.6 Å². The van der Waals surface area contributed by atoms with E-state index in [2.05, 4.69) is 4.98 Å². The molecule has 0 saturated carbocycles. The van der Waals surface area contributed by atoms with Crippen LogP contribution < -0.4 is 5.73 Å². The third kappa shape index (κ3) is 2.70. The lowest BCUT2D eigenvalue weighted by Gasteiger charge is -2.09. The fourth-order valence-corrected chi connectivity index (χ4v) is 2.42. The zero-order chi connectivity index (χ0) is 14.2. The number of aromatic nitrogens is 1. The van der Waals surface area contributed by atoms with Crippen molar-refractivity contribution in [1.82, 2.24) is 4.98 Å². The number of thiazole rings is 1. The molecule has 0 atom stereocenters. The number of alkyl halides is 3. The van der Waals surface area contributed by atoms with Crippen LogP contribution in [0.4, 0.5) is 22.6 Å². The highest BCUT2D eigenvalue weighted by Crippen LogP contribution is 2.36. The van der Waals surface area contributed by atoms with Gasteiger partial charge < -0.3 is 5.73 Å². The van der Waals surface area contributed by atoms with Gasteiger partial charge >= 0.3 is 6.18 Å². The lowest BCUT2D eigenvalue weighted by Crippen LogP contribution is -2.08. The van der Waals surface area contributed by atoms with E-state index in [1.807, 2.05) is 6.92 Å². The third-order valence-corrected chi connectivity index (χ3v) is 3.57. The summed E-state index contributed by atoms with van der Waals surface area (Å²) in [5.74, 6) is -1.30. The minimum atomic E-state index is -4.74. The van der Waals surface area contributed by atoms with Crippen LogP contribution in [0.5, 0.6) is 0 Å². The van der Waals surface area contributed by atoms with Crippen LogP contribution in [0.2, 0.25) is 0 Å². The zero-order valence-corrected chi connectivity index (χ0v) is 10.7. The second-order valence-electron chi connectivity index (χ2n) is 3.87. The van der Waals surface area contributed by atoms with Gasteiger partial charge in [0.25, 0.3) is 0 Å². The largest absolute Gasteiger partial charge is 0.419 e. The van der Waals surface area contributed by atoms with Crippen molar-refractivity contribution in [3.8, 4) is 11.3 Å². The summed E-state index contributed by atoms with van der Waals surface area (Å²) >= 11 is 1.22. The number of hydrogen-bond donors (Lipinski definition) is 1. The Morgan fingerprint density at radius 2 is 2.00 bits per heavy atom. The number of rotatable bonds is 2. The van der Waals surface area contributed by atoms with Crippen molar-refractivity contribution in [3.63, 3.8) is 0 Å². The Morgan fingerprint density at radius 1 is 1.32 bits per heavy atom. The van der Waals surface area contributed by atoms with E-state index in [-0.39, 0.29) is 11.3 Å². The van der Waals surface area contributed by atoms with Gasteiger partial charge in [-0.2, -0.15) is 13.2 Å². The maximum absolute atomic E-state index is 13.2. The van der Waals surface area contributed by atoms with Crippen LogP contribution in [-0.4, -0.2) is 4.98 Å². The lowest BCUT2D eigenvalue weighted by molar-refractivity contribution is -0.139. The van der Waals surface area contributed by atoms with Crippen molar-refractivity contribution in [2.75, 3.05) is 5.73 Å². The number of nitrogens with two attached hydrogens (primary N) is 1. The molecule has 19 heavy (non-hydrogen) atoms. The Labute approximate surface area is 110 Å². The van der Waals surface area contributed by atoms with E-state index in [4.69, 9.17) is 5.73 Å². The van der Waals surface area contributed by atoms with Crippen LogP contribution in [0, 0.1) is 5.82 Å². The summed E-state index contributed by atoms with van der Waals surface area (Å²) in [6, 6.07) is 2.76. The fourth-order valence-electron chi connectivity index (χ4n) is 1.63. The van der Waals surface area contributed by atoms with E-state index < -0.39 is 17.6 Å². The maximum atomic E-state index is 13.2. The number of anilines is 1. The van der Waals surface area contributed by atoms with Gasteiger partial charge in [-0.25, -0.2) is 9.37 Å². The minimum Gasteiger partial charge on any atom is -0.389 e. The Bertz CT molecular complexity index is 604. The molecular weight excluding hydrogens is 280 g/mol.